The van der Waals surface area contributed by atoms with Crippen molar-refractivity contribution in [2.45, 2.75) is 9.79 Å². The molecule has 0 aliphatic carbocycles. The molecule has 0 bridgehead atoms. The summed E-state index contributed by atoms with van der Waals surface area (Å²) in [6.45, 7) is 0. The zero-order valence-electron chi connectivity index (χ0n) is 9.82. The van der Waals surface area contributed by atoms with Crippen LogP contribution in [0.3, 0.4) is 0 Å². The SMILES string of the molecule is O=S(=O)(Cl)c1cccc(-c2ccccc2S(=O)(=O)Cl)c1. The molecule has 0 saturated carbocycles. The lowest BCUT2D eigenvalue weighted by Crippen LogP contribution is -1.96. The van der Waals surface area contributed by atoms with Gasteiger partial charge in [-0.3, -0.25) is 0 Å². The van der Waals surface area contributed by atoms with E-state index in [1.165, 1.54) is 36.4 Å². The van der Waals surface area contributed by atoms with Crippen LogP contribution >= 0.6 is 21.4 Å². The lowest BCUT2D eigenvalue weighted by Gasteiger charge is -2.07. The molecular weight excluding hydrogens is 343 g/mol. The molecule has 0 atom stereocenters. The van der Waals surface area contributed by atoms with Gasteiger partial charge in [0.15, 0.2) is 0 Å². The fourth-order valence-corrected chi connectivity index (χ4v) is 3.62. The van der Waals surface area contributed by atoms with Gasteiger partial charge in [-0.05, 0) is 23.8 Å². The van der Waals surface area contributed by atoms with Gasteiger partial charge in [0.25, 0.3) is 18.1 Å². The van der Waals surface area contributed by atoms with E-state index in [0.717, 1.165) is 0 Å². The molecule has 0 heterocycles. The van der Waals surface area contributed by atoms with Crippen LogP contribution in [0.15, 0.2) is 58.3 Å². The second kappa shape index (κ2) is 5.37. The van der Waals surface area contributed by atoms with Gasteiger partial charge in [0.1, 0.15) is 0 Å². The maximum Gasteiger partial charge on any atom is 0.261 e. The van der Waals surface area contributed by atoms with Gasteiger partial charge in [-0.25, -0.2) is 16.8 Å². The van der Waals surface area contributed by atoms with Crippen molar-refractivity contribution in [2.24, 2.45) is 0 Å². The third-order valence-corrected chi connectivity index (χ3v) is 5.31. The van der Waals surface area contributed by atoms with Crippen molar-refractivity contribution in [2.75, 3.05) is 0 Å². The Hall–Kier alpha value is -1.08. The van der Waals surface area contributed by atoms with Crippen LogP contribution in [-0.4, -0.2) is 16.8 Å². The fraction of sp³-hybridized carbons (Fsp3) is 0. The van der Waals surface area contributed by atoms with E-state index >= 15 is 0 Å². The number of hydrogen-bond donors (Lipinski definition) is 0. The van der Waals surface area contributed by atoms with Crippen LogP contribution in [0.4, 0.5) is 0 Å². The fourth-order valence-electron chi connectivity index (χ4n) is 1.73. The van der Waals surface area contributed by atoms with Gasteiger partial charge >= 0.3 is 0 Å². The minimum Gasteiger partial charge on any atom is -0.207 e. The summed E-state index contributed by atoms with van der Waals surface area (Å²) in [5.74, 6) is 0. The van der Waals surface area contributed by atoms with Gasteiger partial charge in [0.05, 0.1) is 9.79 Å². The Morgan fingerprint density at radius 2 is 1.40 bits per heavy atom. The van der Waals surface area contributed by atoms with Crippen molar-refractivity contribution < 1.29 is 16.8 Å². The predicted octanol–water partition coefficient (Wildman–Crippen LogP) is 3.21. The molecule has 0 aromatic heterocycles. The summed E-state index contributed by atoms with van der Waals surface area (Å²) in [6.07, 6.45) is 0. The quantitative estimate of drug-likeness (QED) is 0.797. The number of rotatable bonds is 3. The van der Waals surface area contributed by atoms with E-state index in [1.807, 2.05) is 0 Å². The highest BCUT2D eigenvalue weighted by Crippen LogP contribution is 2.31. The molecule has 0 unspecified atom stereocenters. The molecule has 106 valence electrons. The van der Waals surface area contributed by atoms with Crippen molar-refractivity contribution in [1.82, 2.24) is 0 Å². The second-order valence-corrected chi connectivity index (χ2v) is 9.00. The average molecular weight is 351 g/mol. The zero-order valence-corrected chi connectivity index (χ0v) is 13.0. The minimum absolute atomic E-state index is 0.0919. The Bertz CT molecular complexity index is 859. The summed E-state index contributed by atoms with van der Waals surface area (Å²) in [7, 11) is 2.81. The molecule has 2 aromatic carbocycles. The Balaban J connectivity index is 2.71. The first-order valence-electron chi connectivity index (χ1n) is 5.28. The third-order valence-electron chi connectivity index (χ3n) is 2.58. The van der Waals surface area contributed by atoms with Crippen molar-refractivity contribution in [3.05, 3.63) is 48.5 Å². The van der Waals surface area contributed by atoms with E-state index < -0.39 is 18.1 Å². The second-order valence-electron chi connectivity index (χ2n) is 3.90. The lowest BCUT2D eigenvalue weighted by atomic mass is 10.1. The summed E-state index contributed by atoms with van der Waals surface area (Å²) in [6, 6.07) is 11.7. The van der Waals surface area contributed by atoms with Gasteiger partial charge in [0.2, 0.25) is 0 Å². The maximum absolute atomic E-state index is 11.5. The van der Waals surface area contributed by atoms with Crippen LogP contribution in [0, 0.1) is 0 Å². The van der Waals surface area contributed by atoms with Gasteiger partial charge in [0, 0.05) is 26.9 Å². The predicted molar refractivity (Wildman–Crippen MR) is 78.0 cm³/mol. The highest BCUT2D eigenvalue weighted by Gasteiger charge is 2.17. The van der Waals surface area contributed by atoms with Crippen LogP contribution in [0.1, 0.15) is 0 Å². The first-order valence-corrected chi connectivity index (χ1v) is 9.90. The average Bonchev–Trinajstić information content (AvgIpc) is 2.37. The molecule has 0 saturated heterocycles. The van der Waals surface area contributed by atoms with E-state index in [1.54, 1.807) is 12.1 Å². The van der Waals surface area contributed by atoms with E-state index in [0.29, 0.717) is 11.1 Å². The summed E-state index contributed by atoms with van der Waals surface area (Å²) < 4.78 is 45.7. The van der Waals surface area contributed by atoms with Crippen LogP contribution in [-0.2, 0) is 18.1 Å². The van der Waals surface area contributed by atoms with Crippen molar-refractivity contribution in [3.8, 4) is 11.1 Å². The molecule has 0 N–H and O–H groups in total. The molecule has 0 amide bonds. The molecule has 20 heavy (non-hydrogen) atoms. The van der Waals surface area contributed by atoms with Gasteiger partial charge in [-0.15, -0.1) is 0 Å². The molecule has 0 radical (unpaired) electrons. The lowest BCUT2D eigenvalue weighted by molar-refractivity contribution is 0.608. The Morgan fingerprint density at radius 3 is 2.00 bits per heavy atom. The van der Waals surface area contributed by atoms with Crippen LogP contribution < -0.4 is 0 Å². The van der Waals surface area contributed by atoms with E-state index in [4.69, 9.17) is 21.4 Å². The molecule has 2 rings (SSSR count). The highest BCUT2D eigenvalue weighted by molar-refractivity contribution is 8.14. The third kappa shape index (κ3) is 3.32. The minimum atomic E-state index is -3.94. The molecule has 0 aliphatic rings. The van der Waals surface area contributed by atoms with E-state index in [9.17, 15) is 16.8 Å². The van der Waals surface area contributed by atoms with Crippen molar-refractivity contribution >= 4 is 39.5 Å². The Labute approximate surface area is 125 Å². The Morgan fingerprint density at radius 1 is 0.750 bits per heavy atom. The normalized spacial score (nSPS) is 12.3. The largest absolute Gasteiger partial charge is 0.261 e. The Kier molecular flexibility index (Phi) is 4.11. The van der Waals surface area contributed by atoms with Crippen LogP contribution in [0.5, 0.6) is 0 Å². The first-order chi connectivity index (χ1) is 9.19. The van der Waals surface area contributed by atoms with Crippen LogP contribution in [0.2, 0.25) is 0 Å². The monoisotopic (exact) mass is 350 g/mol. The van der Waals surface area contributed by atoms with Gasteiger partial charge < -0.3 is 0 Å². The molecule has 4 nitrogen and oxygen atoms in total. The summed E-state index contributed by atoms with van der Waals surface area (Å²) in [5, 5.41) is 0. The number of hydrogen-bond acceptors (Lipinski definition) is 4. The molecule has 2 aromatic rings. The number of halogens is 2. The van der Waals surface area contributed by atoms with Crippen molar-refractivity contribution in [1.29, 1.82) is 0 Å². The van der Waals surface area contributed by atoms with Gasteiger partial charge in [-0.2, -0.15) is 0 Å². The maximum atomic E-state index is 11.5. The number of benzene rings is 2. The van der Waals surface area contributed by atoms with E-state index in [2.05, 4.69) is 0 Å². The van der Waals surface area contributed by atoms with E-state index in [-0.39, 0.29) is 9.79 Å². The van der Waals surface area contributed by atoms with Gasteiger partial charge in [-0.1, -0.05) is 30.3 Å². The molecular formula is C12H8Cl2O4S2. The standard InChI is InChI=1S/C12H8Cl2O4S2/c13-19(15,16)10-5-3-4-9(8-10)11-6-1-2-7-12(11)20(14,17)18/h1-8H. The zero-order chi connectivity index (χ0) is 15.0. The highest BCUT2D eigenvalue weighted by atomic mass is 35.7. The molecule has 0 fully saturated rings. The van der Waals surface area contributed by atoms with Crippen LogP contribution in [0.25, 0.3) is 11.1 Å². The molecule has 8 heteroatoms. The summed E-state index contributed by atoms with van der Waals surface area (Å²) >= 11 is 0. The molecule has 0 spiro atoms. The smallest absolute Gasteiger partial charge is 0.207 e. The van der Waals surface area contributed by atoms with Crippen molar-refractivity contribution in [3.63, 3.8) is 0 Å². The first kappa shape index (κ1) is 15.3. The summed E-state index contributed by atoms with van der Waals surface area (Å²) in [4.78, 5) is -0.204. The topological polar surface area (TPSA) is 68.3 Å². The summed E-state index contributed by atoms with van der Waals surface area (Å²) in [5.41, 5.74) is 0.705. The molecule has 0 aliphatic heterocycles.